The van der Waals surface area contributed by atoms with E-state index in [-0.39, 0.29) is 5.91 Å². The molecule has 3 unspecified atom stereocenters. The minimum Gasteiger partial charge on any atom is -0.497 e. The maximum atomic E-state index is 13.2. The molecule has 1 saturated heterocycles. The van der Waals surface area contributed by atoms with Gasteiger partial charge in [-0.1, -0.05) is 12.1 Å². The molecule has 1 fully saturated rings. The zero-order valence-electron chi connectivity index (χ0n) is 24.0. The highest BCUT2D eigenvalue weighted by Gasteiger charge is 2.50. The fourth-order valence-corrected chi connectivity index (χ4v) is 5.15. The van der Waals surface area contributed by atoms with Crippen LogP contribution in [0.15, 0.2) is 72.9 Å². The molecule has 0 bridgehead atoms. The Labute approximate surface area is 243 Å². The number of nitrogens with zero attached hydrogens (tertiary/aromatic N) is 1. The lowest BCUT2D eigenvalue weighted by Crippen LogP contribution is -2.63. The monoisotopic (exact) mass is 574 g/mol. The largest absolute Gasteiger partial charge is 0.497 e. The Morgan fingerprint density at radius 1 is 0.929 bits per heavy atom. The van der Waals surface area contributed by atoms with Crippen LogP contribution in [0.4, 0.5) is 5.69 Å². The van der Waals surface area contributed by atoms with Gasteiger partial charge in [-0.15, -0.1) is 0 Å². The number of ether oxygens (including phenoxy) is 5. The highest BCUT2D eigenvalue weighted by atomic mass is 16.7. The first-order valence-corrected chi connectivity index (χ1v) is 13.4. The SMILES string of the molecule is COc1cccc(-c2cc(C(=O)Nc3cnc4cc(OC5OC(C)(C)[C@H](OC)C(O)C5O)ccc4c3)ccc2OC)c1. The second kappa shape index (κ2) is 11.9. The molecule has 0 radical (unpaired) electrons. The molecule has 10 nitrogen and oxygen atoms in total. The molecule has 4 aromatic rings. The van der Waals surface area contributed by atoms with Crippen LogP contribution in [0.25, 0.3) is 22.0 Å². The quantitative estimate of drug-likeness (QED) is 0.280. The van der Waals surface area contributed by atoms with Gasteiger partial charge < -0.3 is 39.2 Å². The zero-order chi connectivity index (χ0) is 30.0. The summed E-state index contributed by atoms with van der Waals surface area (Å²) < 4.78 is 28.0. The molecule has 1 aliphatic rings. The lowest BCUT2D eigenvalue weighted by Gasteiger charge is -2.46. The second-order valence-electron chi connectivity index (χ2n) is 10.5. The Morgan fingerprint density at radius 3 is 2.48 bits per heavy atom. The Kier molecular flexibility index (Phi) is 8.33. The number of amides is 1. The van der Waals surface area contributed by atoms with Crippen LogP contribution in [0.3, 0.4) is 0 Å². The lowest BCUT2D eigenvalue weighted by atomic mass is 9.89. The van der Waals surface area contributed by atoms with Crippen molar-refractivity contribution in [3.8, 4) is 28.4 Å². The van der Waals surface area contributed by atoms with Gasteiger partial charge in [0.1, 0.15) is 35.6 Å². The van der Waals surface area contributed by atoms with Crippen molar-refractivity contribution < 1.29 is 38.7 Å². The van der Waals surface area contributed by atoms with E-state index >= 15 is 0 Å². The van der Waals surface area contributed by atoms with Crippen LogP contribution in [0.5, 0.6) is 17.2 Å². The van der Waals surface area contributed by atoms with E-state index in [9.17, 15) is 15.0 Å². The minimum atomic E-state index is -1.31. The second-order valence-corrected chi connectivity index (χ2v) is 10.5. The molecule has 3 N–H and O–H groups in total. The first-order valence-electron chi connectivity index (χ1n) is 13.4. The number of anilines is 1. The molecular formula is C32H34N2O8. The average Bonchev–Trinajstić information content (AvgIpc) is 2.99. The molecule has 4 atom stereocenters. The standard InChI is InChI=1S/C32H34N2O8/c1-32(2)29(40-5)27(35)28(36)31(42-32)41-23-11-9-19-13-21(17-33-25(19)16-23)34-30(37)20-10-12-26(39-4)24(15-20)18-7-6-8-22(14-18)38-3/h6-17,27-29,31,35-36H,1-5H3,(H,34,37)/t27?,28?,29-,31?/m1/s1. The molecule has 1 aliphatic heterocycles. The van der Waals surface area contributed by atoms with E-state index in [4.69, 9.17) is 23.7 Å². The van der Waals surface area contributed by atoms with E-state index in [0.717, 1.165) is 16.5 Å². The van der Waals surface area contributed by atoms with Gasteiger partial charge >= 0.3 is 0 Å². The number of carbonyl (C=O) groups is 1. The van der Waals surface area contributed by atoms with Gasteiger partial charge in [-0.3, -0.25) is 9.78 Å². The first-order chi connectivity index (χ1) is 20.1. The van der Waals surface area contributed by atoms with Gasteiger partial charge in [0.15, 0.2) is 0 Å². The Hall–Kier alpha value is -4.22. The minimum absolute atomic E-state index is 0.304. The van der Waals surface area contributed by atoms with Gasteiger partial charge in [0.2, 0.25) is 6.29 Å². The van der Waals surface area contributed by atoms with Crippen LogP contribution in [0, 0.1) is 0 Å². The van der Waals surface area contributed by atoms with Crippen LogP contribution in [0.1, 0.15) is 24.2 Å². The maximum absolute atomic E-state index is 13.2. The van der Waals surface area contributed by atoms with Crippen molar-refractivity contribution in [2.75, 3.05) is 26.6 Å². The number of aliphatic hydroxyl groups is 2. The normalized spacial score (nSPS) is 21.5. The Morgan fingerprint density at radius 2 is 1.74 bits per heavy atom. The Balaban J connectivity index is 1.32. The molecule has 1 aromatic heterocycles. The molecular weight excluding hydrogens is 540 g/mol. The number of hydrogen-bond donors (Lipinski definition) is 3. The fraction of sp³-hybridized carbons (Fsp3) is 0.312. The number of methoxy groups -OCH3 is 3. The van der Waals surface area contributed by atoms with E-state index in [2.05, 4.69) is 10.3 Å². The third kappa shape index (κ3) is 5.88. The van der Waals surface area contributed by atoms with Crippen molar-refractivity contribution in [3.05, 3.63) is 78.5 Å². The van der Waals surface area contributed by atoms with Crippen LogP contribution in [-0.2, 0) is 9.47 Å². The van der Waals surface area contributed by atoms with E-state index in [1.165, 1.54) is 7.11 Å². The van der Waals surface area contributed by atoms with Gasteiger partial charge in [0, 0.05) is 29.7 Å². The molecule has 5 rings (SSSR count). The molecule has 2 heterocycles. The summed E-state index contributed by atoms with van der Waals surface area (Å²) in [6.07, 6.45) is -2.77. The summed E-state index contributed by atoms with van der Waals surface area (Å²) in [6.45, 7) is 3.52. The average molecular weight is 575 g/mol. The number of nitrogens with one attached hydrogen (secondary N) is 1. The summed E-state index contributed by atoms with van der Waals surface area (Å²) in [4.78, 5) is 17.7. The highest BCUT2D eigenvalue weighted by molar-refractivity contribution is 6.06. The number of benzene rings is 3. The Bertz CT molecular complexity index is 1590. The number of rotatable bonds is 8. The molecule has 1 amide bonds. The summed E-state index contributed by atoms with van der Waals surface area (Å²) in [6, 6.07) is 19.8. The zero-order valence-corrected chi connectivity index (χ0v) is 24.0. The number of fused-ring (bicyclic) bond motifs is 1. The van der Waals surface area contributed by atoms with E-state index in [1.807, 2.05) is 24.3 Å². The number of pyridine rings is 1. The fourth-order valence-electron chi connectivity index (χ4n) is 5.15. The lowest BCUT2D eigenvalue weighted by molar-refractivity contribution is -0.305. The van der Waals surface area contributed by atoms with Crippen molar-refractivity contribution in [2.45, 2.75) is 44.1 Å². The molecule has 220 valence electrons. The summed E-state index contributed by atoms with van der Waals surface area (Å²) in [7, 11) is 4.64. The van der Waals surface area contributed by atoms with Gasteiger partial charge in [0.25, 0.3) is 5.91 Å². The van der Waals surface area contributed by atoms with Crippen molar-refractivity contribution in [2.24, 2.45) is 0 Å². The molecule has 3 aromatic carbocycles. The van der Waals surface area contributed by atoms with Crippen LogP contribution < -0.4 is 19.5 Å². The van der Waals surface area contributed by atoms with Crippen LogP contribution >= 0.6 is 0 Å². The third-order valence-electron chi connectivity index (χ3n) is 7.31. The molecule has 0 aliphatic carbocycles. The first kappa shape index (κ1) is 29.3. The van der Waals surface area contributed by atoms with E-state index in [0.29, 0.717) is 34.0 Å². The van der Waals surface area contributed by atoms with Crippen molar-refractivity contribution >= 4 is 22.5 Å². The van der Waals surface area contributed by atoms with Gasteiger partial charge in [-0.05, 0) is 67.9 Å². The van der Waals surface area contributed by atoms with E-state index in [1.54, 1.807) is 76.7 Å². The highest BCUT2D eigenvalue weighted by Crippen LogP contribution is 2.35. The van der Waals surface area contributed by atoms with Gasteiger partial charge in [-0.25, -0.2) is 0 Å². The summed E-state index contributed by atoms with van der Waals surface area (Å²) in [5.41, 5.74) is 2.29. The number of aliphatic hydroxyl groups excluding tert-OH is 2. The molecule has 0 spiro atoms. The predicted octanol–water partition coefficient (Wildman–Crippen LogP) is 4.42. The maximum Gasteiger partial charge on any atom is 0.255 e. The van der Waals surface area contributed by atoms with Crippen LogP contribution in [0.2, 0.25) is 0 Å². The van der Waals surface area contributed by atoms with E-state index < -0.39 is 30.2 Å². The smallest absolute Gasteiger partial charge is 0.255 e. The van der Waals surface area contributed by atoms with Crippen molar-refractivity contribution in [1.82, 2.24) is 4.98 Å². The number of carbonyl (C=O) groups excluding carboxylic acids is 1. The summed E-state index contributed by atoms with van der Waals surface area (Å²) >= 11 is 0. The number of hydrogen-bond acceptors (Lipinski definition) is 9. The van der Waals surface area contributed by atoms with Crippen LogP contribution in [-0.4, -0.2) is 72.6 Å². The molecule has 10 heteroatoms. The van der Waals surface area contributed by atoms with Gasteiger partial charge in [0.05, 0.1) is 37.2 Å². The van der Waals surface area contributed by atoms with Crippen molar-refractivity contribution in [3.63, 3.8) is 0 Å². The van der Waals surface area contributed by atoms with Crippen molar-refractivity contribution in [1.29, 1.82) is 0 Å². The molecule has 42 heavy (non-hydrogen) atoms. The topological polar surface area (TPSA) is 129 Å². The number of aromatic nitrogens is 1. The van der Waals surface area contributed by atoms with Gasteiger partial charge in [-0.2, -0.15) is 0 Å². The predicted molar refractivity (Wildman–Crippen MR) is 157 cm³/mol. The third-order valence-corrected chi connectivity index (χ3v) is 7.31. The summed E-state index contributed by atoms with van der Waals surface area (Å²) in [5.74, 6) is 1.43. The summed E-state index contributed by atoms with van der Waals surface area (Å²) in [5, 5.41) is 24.7. The molecule has 0 saturated carbocycles.